The zero-order valence-electron chi connectivity index (χ0n) is 9.18. The van der Waals surface area contributed by atoms with Gasteiger partial charge in [-0.2, -0.15) is 0 Å². The summed E-state index contributed by atoms with van der Waals surface area (Å²) < 4.78 is 16.5. The molecule has 2 fully saturated rings. The van der Waals surface area contributed by atoms with E-state index in [4.69, 9.17) is 14.2 Å². The first-order chi connectivity index (χ1) is 7.03. The van der Waals surface area contributed by atoms with Crippen molar-refractivity contribution in [2.24, 2.45) is 0 Å². The van der Waals surface area contributed by atoms with Crippen LogP contribution in [0.2, 0.25) is 0 Å². The molecule has 0 aliphatic carbocycles. The van der Waals surface area contributed by atoms with Gasteiger partial charge in [-0.1, -0.05) is 6.08 Å². The summed E-state index contributed by atoms with van der Waals surface area (Å²) in [7, 11) is 0. The van der Waals surface area contributed by atoms with Gasteiger partial charge in [-0.25, -0.2) is 0 Å². The summed E-state index contributed by atoms with van der Waals surface area (Å²) >= 11 is 0. The second-order valence-electron chi connectivity index (χ2n) is 4.52. The molecule has 86 valence electrons. The lowest BCUT2D eigenvalue weighted by molar-refractivity contribution is -0.140. The zero-order chi connectivity index (χ0) is 11.1. The summed E-state index contributed by atoms with van der Waals surface area (Å²) in [6, 6.07) is 0. The van der Waals surface area contributed by atoms with E-state index in [2.05, 4.69) is 6.58 Å². The third-order valence-electron chi connectivity index (χ3n) is 2.75. The van der Waals surface area contributed by atoms with Gasteiger partial charge in [-0.05, 0) is 20.3 Å². The topological polar surface area (TPSA) is 51.2 Å². The maximum absolute atomic E-state index is 9.66. The van der Waals surface area contributed by atoms with E-state index in [0.29, 0.717) is 13.0 Å². The van der Waals surface area contributed by atoms with Crippen molar-refractivity contribution in [1.29, 1.82) is 0 Å². The van der Waals surface area contributed by atoms with E-state index in [1.807, 2.05) is 13.8 Å². The molecule has 2 rings (SSSR count). The van der Waals surface area contributed by atoms with Crippen LogP contribution in [0.4, 0.5) is 0 Å². The number of aliphatic hydroxyl groups excluding tert-OH is 1. The van der Waals surface area contributed by atoms with Gasteiger partial charge in [0.1, 0.15) is 18.3 Å². The first-order valence-electron chi connectivity index (χ1n) is 5.30. The average Bonchev–Trinajstić information content (AvgIpc) is 2.86. The van der Waals surface area contributed by atoms with Crippen molar-refractivity contribution in [3.8, 4) is 0 Å². The fourth-order valence-corrected chi connectivity index (χ4v) is 1.93. The molecule has 2 aliphatic rings. The first kappa shape index (κ1) is 11.1. The SMILES string of the molecule is C=CC[C@@H](O)[C@@H]1O[C@@H]1C1COC(C)(C)O1. The molecule has 0 spiro atoms. The second kappa shape index (κ2) is 3.87. The second-order valence-corrected chi connectivity index (χ2v) is 4.52. The van der Waals surface area contributed by atoms with Crippen LogP contribution in [0.5, 0.6) is 0 Å². The van der Waals surface area contributed by atoms with Crippen LogP contribution >= 0.6 is 0 Å². The predicted molar refractivity (Wildman–Crippen MR) is 54.4 cm³/mol. The molecule has 0 radical (unpaired) electrons. The lowest BCUT2D eigenvalue weighted by atomic mass is 10.1. The molecular weight excluding hydrogens is 196 g/mol. The summed E-state index contributed by atoms with van der Waals surface area (Å²) in [6.07, 6.45) is 1.58. The smallest absolute Gasteiger partial charge is 0.163 e. The van der Waals surface area contributed by atoms with Gasteiger partial charge in [0.15, 0.2) is 5.79 Å². The summed E-state index contributed by atoms with van der Waals surface area (Å²) in [5.74, 6) is -0.523. The van der Waals surface area contributed by atoms with Crippen LogP contribution in [0.3, 0.4) is 0 Å². The summed E-state index contributed by atoms with van der Waals surface area (Å²) in [4.78, 5) is 0. The lowest BCUT2D eigenvalue weighted by Gasteiger charge is -2.16. The molecule has 2 saturated heterocycles. The highest BCUT2D eigenvalue weighted by Crippen LogP contribution is 2.36. The van der Waals surface area contributed by atoms with Crippen molar-refractivity contribution in [3.05, 3.63) is 12.7 Å². The van der Waals surface area contributed by atoms with Crippen molar-refractivity contribution >= 4 is 0 Å². The molecule has 4 heteroatoms. The maximum atomic E-state index is 9.66. The highest BCUT2D eigenvalue weighted by atomic mass is 16.8. The monoisotopic (exact) mass is 214 g/mol. The Morgan fingerprint density at radius 2 is 2.33 bits per heavy atom. The van der Waals surface area contributed by atoms with E-state index in [0.717, 1.165) is 0 Å². The van der Waals surface area contributed by atoms with Gasteiger partial charge in [-0.3, -0.25) is 0 Å². The standard InChI is InChI=1S/C11H18O4/c1-4-5-7(12)9-10(14-9)8-6-13-11(2,3)15-8/h4,7-10,12H,1,5-6H2,2-3H3/t7-,8?,9+,10-/m1/s1. The Hall–Kier alpha value is -0.420. The predicted octanol–water partition coefficient (Wildman–Crippen LogP) is 0.842. The van der Waals surface area contributed by atoms with Gasteiger partial charge < -0.3 is 19.3 Å². The Bertz CT molecular complexity index is 251. The van der Waals surface area contributed by atoms with E-state index in [1.165, 1.54) is 0 Å². The number of hydrogen-bond donors (Lipinski definition) is 1. The molecule has 0 saturated carbocycles. The minimum Gasteiger partial charge on any atom is -0.390 e. The minimum atomic E-state index is -0.523. The number of rotatable bonds is 4. The molecule has 0 aromatic heterocycles. The van der Waals surface area contributed by atoms with E-state index in [-0.39, 0.29) is 18.3 Å². The highest BCUT2D eigenvalue weighted by Gasteiger charge is 2.53. The number of aliphatic hydroxyl groups is 1. The van der Waals surface area contributed by atoms with E-state index < -0.39 is 11.9 Å². The molecule has 0 amide bonds. The van der Waals surface area contributed by atoms with Crippen molar-refractivity contribution < 1.29 is 19.3 Å². The Kier molecular flexibility index (Phi) is 2.85. The van der Waals surface area contributed by atoms with E-state index >= 15 is 0 Å². The fourth-order valence-electron chi connectivity index (χ4n) is 1.93. The van der Waals surface area contributed by atoms with Gasteiger partial charge >= 0.3 is 0 Å². The molecule has 4 nitrogen and oxygen atoms in total. The average molecular weight is 214 g/mol. The molecular formula is C11H18O4. The van der Waals surface area contributed by atoms with Gasteiger partial charge in [0.05, 0.1) is 12.7 Å². The Balaban J connectivity index is 1.82. The van der Waals surface area contributed by atoms with Crippen LogP contribution in [0.15, 0.2) is 12.7 Å². The molecule has 2 aliphatic heterocycles. The van der Waals surface area contributed by atoms with Gasteiger partial charge in [0, 0.05) is 0 Å². The molecule has 1 unspecified atom stereocenters. The quantitative estimate of drug-likeness (QED) is 0.556. The summed E-state index contributed by atoms with van der Waals surface area (Å²) in [6.45, 7) is 7.88. The summed E-state index contributed by atoms with van der Waals surface area (Å²) in [5.41, 5.74) is 0. The molecule has 1 N–H and O–H groups in total. The van der Waals surface area contributed by atoms with Crippen molar-refractivity contribution in [2.75, 3.05) is 6.61 Å². The maximum Gasteiger partial charge on any atom is 0.163 e. The number of ether oxygens (including phenoxy) is 3. The molecule has 0 aromatic carbocycles. The largest absolute Gasteiger partial charge is 0.390 e. The third-order valence-corrected chi connectivity index (χ3v) is 2.75. The molecule has 0 bridgehead atoms. The van der Waals surface area contributed by atoms with Gasteiger partial charge in [0.25, 0.3) is 0 Å². The zero-order valence-corrected chi connectivity index (χ0v) is 9.18. The Morgan fingerprint density at radius 3 is 2.87 bits per heavy atom. The molecule has 15 heavy (non-hydrogen) atoms. The van der Waals surface area contributed by atoms with Crippen LogP contribution in [0.25, 0.3) is 0 Å². The van der Waals surface area contributed by atoms with Crippen LogP contribution in [-0.4, -0.2) is 41.9 Å². The molecule has 2 heterocycles. The fraction of sp³-hybridized carbons (Fsp3) is 0.818. The Morgan fingerprint density at radius 1 is 1.60 bits per heavy atom. The van der Waals surface area contributed by atoms with Crippen LogP contribution in [0.1, 0.15) is 20.3 Å². The first-order valence-corrected chi connectivity index (χ1v) is 5.30. The van der Waals surface area contributed by atoms with Crippen molar-refractivity contribution in [1.82, 2.24) is 0 Å². The normalized spacial score (nSPS) is 40.1. The van der Waals surface area contributed by atoms with Crippen LogP contribution in [0, 0.1) is 0 Å². The van der Waals surface area contributed by atoms with Crippen molar-refractivity contribution in [2.45, 2.75) is 50.5 Å². The number of epoxide rings is 1. The van der Waals surface area contributed by atoms with Crippen LogP contribution < -0.4 is 0 Å². The minimum absolute atomic E-state index is 0.0262. The van der Waals surface area contributed by atoms with E-state index in [9.17, 15) is 5.11 Å². The van der Waals surface area contributed by atoms with Gasteiger partial charge in [0.2, 0.25) is 0 Å². The van der Waals surface area contributed by atoms with E-state index in [1.54, 1.807) is 6.08 Å². The number of hydrogen-bond acceptors (Lipinski definition) is 4. The lowest BCUT2D eigenvalue weighted by Crippen LogP contribution is -2.27. The van der Waals surface area contributed by atoms with Gasteiger partial charge in [-0.15, -0.1) is 6.58 Å². The Labute approximate surface area is 89.8 Å². The van der Waals surface area contributed by atoms with Crippen molar-refractivity contribution in [3.63, 3.8) is 0 Å². The third kappa shape index (κ3) is 2.39. The summed E-state index contributed by atoms with van der Waals surface area (Å²) in [5, 5.41) is 9.66. The molecule has 4 atom stereocenters. The highest BCUT2D eigenvalue weighted by molar-refractivity contribution is 4.99. The van der Waals surface area contributed by atoms with Crippen LogP contribution in [-0.2, 0) is 14.2 Å². The molecule has 0 aromatic rings.